The normalized spacial score (nSPS) is 9.40. The fourth-order valence-electron chi connectivity index (χ4n) is 0.718. The molecule has 4 heteroatoms. The first-order chi connectivity index (χ1) is 4.79. The maximum absolute atomic E-state index is 10.3. The largest absolute Gasteiger partial charge is 0.493 e. The molecule has 0 aromatic carbocycles. The second kappa shape index (κ2) is 2.51. The lowest BCUT2D eigenvalue weighted by Crippen LogP contribution is -1.97. The van der Waals surface area contributed by atoms with Crippen molar-refractivity contribution in [3.05, 3.63) is 11.9 Å². The lowest BCUT2D eigenvalue weighted by molar-refractivity contribution is 0.111. The highest BCUT2D eigenvalue weighted by molar-refractivity contribution is 5.76. The number of carbonyl (C=O) groups excluding carboxylic acids is 1. The van der Waals surface area contributed by atoms with Gasteiger partial charge in [-0.1, -0.05) is 0 Å². The van der Waals surface area contributed by atoms with Gasteiger partial charge in [0.1, 0.15) is 5.69 Å². The Morgan fingerprint density at radius 1 is 1.80 bits per heavy atom. The second-order valence-electron chi connectivity index (χ2n) is 1.84. The minimum absolute atomic E-state index is 0.461. The van der Waals surface area contributed by atoms with Gasteiger partial charge in [0.2, 0.25) is 0 Å². The van der Waals surface area contributed by atoms with Crippen LogP contribution in [0.5, 0.6) is 5.75 Å². The van der Waals surface area contributed by atoms with E-state index in [0.29, 0.717) is 17.7 Å². The maximum atomic E-state index is 10.3. The molecule has 0 aliphatic rings. The lowest BCUT2D eigenvalue weighted by Gasteiger charge is -1.94. The molecule has 0 aliphatic carbocycles. The number of carbonyl (C=O) groups is 1. The average molecular weight is 140 g/mol. The van der Waals surface area contributed by atoms with Gasteiger partial charge in [-0.15, -0.1) is 0 Å². The van der Waals surface area contributed by atoms with E-state index in [4.69, 9.17) is 4.74 Å². The summed E-state index contributed by atoms with van der Waals surface area (Å²) < 4.78 is 6.31. The summed E-state index contributed by atoms with van der Waals surface area (Å²) in [6.45, 7) is 0. The summed E-state index contributed by atoms with van der Waals surface area (Å²) in [5, 5.41) is 3.82. The van der Waals surface area contributed by atoms with Crippen LogP contribution in [0.15, 0.2) is 6.20 Å². The van der Waals surface area contributed by atoms with E-state index in [9.17, 15) is 4.79 Å². The SMILES string of the molecule is COc1cnn(C)c1C=O. The number of methoxy groups -OCH3 is 1. The summed E-state index contributed by atoms with van der Waals surface area (Å²) >= 11 is 0. The van der Waals surface area contributed by atoms with Crippen molar-refractivity contribution in [3.8, 4) is 5.75 Å². The number of aryl methyl sites for hydroxylation is 1. The molecule has 0 unspecified atom stereocenters. The number of nitrogens with zero attached hydrogens (tertiary/aromatic N) is 2. The van der Waals surface area contributed by atoms with Crippen molar-refractivity contribution >= 4 is 6.29 Å². The highest BCUT2D eigenvalue weighted by Crippen LogP contribution is 2.12. The van der Waals surface area contributed by atoms with Crippen molar-refractivity contribution in [3.63, 3.8) is 0 Å². The van der Waals surface area contributed by atoms with Gasteiger partial charge in [0.05, 0.1) is 13.3 Å². The van der Waals surface area contributed by atoms with Crippen LogP contribution in [0.1, 0.15) is 10.5 Å². The van der Waals surface area contributed by atoms with Crippen LogP contribution in [0.4, 0.5) is 0 Å². The third-order valence-corrected chi connectivity index (χ3v) is 1.28. The molecule has 4 nitrogen and oxygen atoms in total. The Morgan fingerprint density at radius 2 is 2.50 bits per heavy atom. The van der Waals surface area contributed by atoms with Gasteiger partial charge < -0.3 is 4.74 Å². The molecule has 54 valence electrons. The first kappa shape index (κ1) is 6.80. The molecule has 10 heavy (non-hydrogen) atoms. The molecule has 1 heterocycles. The summed E-state index contributed by atoms with van der Waals surface area (Å²) in [5.41, 5.74) is 0.461. The number of aromatic nitrogens is 2. The van der Waals surface area contributed by atoms with Crippen molar-refractivity contribution in [2.45, 2.75) is 0 Å². The zero-order chi connectivity index (χ0) is 7.56. The van der Waals surface area contributed by atoms with Crippen LogP contribution in [0.2, 0.25) is 0 Å². The van der Waals surface area contributed by atoms with E-state index < -0.39 is 0 Å². The van der Waals surface area contributed by atoms with Gasteiger partial charge in [0.25, 0.3) is 0 Å². The second-order valence-corrected chi connectivity index (χ2v) is 1.84. The summed E-state index contributed by atoms with van der Waals surface area (Å²) in [6.07, 6.45) is 2.22. The van der Waals surface area contributed by atoms with Crippen molar-refractivity contribution in [2.24, 2.45) is 7.05 Å². The summed E-state index contributed by atoms with van der Waals surface area (Å²) in [7, 11) is 3.19. The quantitative estimate of drug-likeness (QED) is 0.553. The summed E-state index contributed by atoms with van der Waals surface area (Å²) in [5.74, 6) is 0.512. The van der Waals surface area contributed by atoms with Gasteiger partial charge in [0.15, 0.2) is 12.0 Å². The van der Waals surface area contributed by atoms with Crippen LogP contribution >= 0.6 is 0 Å². The molecule has 1 rings (SSSR count). The monoisotopic (exact) mass is 140 g/mol. The molecule has 0 aliphatic heterocycles. The van der Waals surface area contributed by atoms with Gasteiger partial charge >= 0.3 is 0 Å². The van der Waals surface area contributed by atoms with Crippen molar-refractivity contribution < 1.29 is 9.53 Å². The van der Waals surface area contributed by atoms with Gasteiger partial charge in [-0.25, -0.2) is 0 Å². The topological polar surface area (TPSA) is 44.1 Å². The summed E-state index contributed by atoms with van der Waals surface area (Å²) in [6, 6.07) is 0. The van der Waals surface area contributed by atoms with E-state index in [0.717, 1.165) is 0 Å². The van der Waals surface area contributed by atoms with Gasteiger partial charge in [-0.3, -0.25) is 9.48 Å². The zero-order valence-corrected chi connectivity index (χ0v) is 5.87. The lowest BCUT2D eigenvalue weighted by atomic mass is 10.4. The fourth-order valence-corrected chi connectivity index (χ4v) is 0.718. The Bertz CT molecular complexity index is 242. The van der Waals surface area contributed by atoms with E-state index in [2.05, 4.69) is 5.10 Å². The highest BCUT2D eigenvalue weighted by atomic mass is 16.5. The molecule has 0 radical (unpaired) electrons. The van der Waals surface area contributed by atoms with Gasteiger partial charge in [0, 0.05) is 7.05 Å². The molecule has 0 fully saturated rings. The van der Waals surface area contributed by atoms with E-state index in [-0.39, 0.29) is 0 Å². The maximum Gasteiger partial charge on any atom is 0.171 e. The van der Waals surface area contributed by atoms with Crippen LogP contribution in [-0.4, -0.2) is 23.2 Å². The van der Waals surface area contributed by atoms with Crippen molar-refractivity contribution in [2.75, 3.05) is 7.11 Å². The third-order valence-electron chi connectivity index (χ3n) is 1.28. The van der Waals surface area contributed by atoms with Crippen molar-refractivity contribution in [1.29, 1.82) is 0 Å². The Labute approximate surface area is 58.4 Å². The zero-order valence-electron chi connectivity index (χ0n) is 5.87. The molecule has 0 amide bonds. The molecule has 1 aromatic heterocycles. The van der Waals surface area contributed by atoms with E-state index >= 15 is 0 Å². The number of rotatable bonds is 2. The first-order valence-corrected chi connectivity index (χ1v) is 2.80. The molecule has 1 aromatic rings. The molecule has 0 saturated heterocycles. The van der Waals surface area contributed by atoms with Gasteiger partial charge in [-0.05, 0) is 0 Å². The van der Waals surface area contributed by atoms with Crippen LogP contribution < -0.4 is 4.74 Å². The number of aldehydes is 1. The molecule has 0 spiro atoms. The fraction of sp³-hybridized carbons (Fsp3) is 0.333. The van der Waals surface area contributed by atoms with Crippen LogP contribution in [0.3, 0.4) is 0 Å². The van der Waals surface area contributed by atoms with E-state index in [1.165, 1.54) is 18.0 Å². The number of hydrogen-bond acceptors (Lipinski definition) is 3. The molecular formula is C6H8N2O2. The Balaban J connectivity index is 3.12. The van der Waals surface area contributed by atoms with Crippen LogP contribution in [0, 0.1) is 0 Å². The first-order valence-electron chi connectivity index (χ1n) is 2.80. The number of ether oxygens (including phenoxy) is 1. The minimum atomic E-state index is 0.461. The average Bonchev–Trinajstić information content (AvgIpc) is 2.30. The highest BCUT2D eigenvalue weighted by Gasteiger charge is 2.05. The third kappa shape index (κ3) is 0.877. The van der Waals surface area contributed by atoms with Crippen LogP contribution in [0.25, 0.3) is 0 Å². The summed E-state index contributed by atoms with van der Waals surface area (Å²) in [4.78, 5) is 10.3. The molecule has 0 atom stereocenters. The predicted molar refractivity (Wildman–Crippen MR) is 35.1 cm³/mol. The Kier molecular flexibility index (Phi) is 1.71. The predicted octanol–water partition coefficient (Wildman–Crippen LogP) is 0.241. The molecular weight excluding hydrogens is 132 g/mol. The molecule has 0 saturated carbocycles. The Morgan fingerprint density at radius 3 is 2.90 bits per heavy atom. The van der Waals surface area contributed by atoms with E-state index in [1.54, 1.807) is 7.05 Å². The minimum Gasteiger partial charge on any atom is -0.493 e. The number of hydrogen-bond donors (Lipinski definition) is 0. The standard InChI is InChI=1S/C6H8N2O2/c1-8-5(4-9)6(10-2)3-7-8/h3-4H,1-2H3. The van der Waals surface area contributed by atoms with Gasteiger partial charge in [-0.2, -0.15) is 5.10 Å². The van der Waals surface area contributed by atoms with E-state index in [1.807, 2.05) is 0 Å². The Hall–Kier alpha value is -1.32. The molecule has 0 N–H and O–H groups in total. The molecule has 0 bridgehead atoms. The van der Waals surface area contributed by atoms with Crippen molar-refractivity contribution in [1.82, 2.24) is 9.78 Å². The van der Waals surface area contributed by atoms with Crippen LogP contribution in [-0.2, 0) is 7.05 Å². The smallest absolute Gasteiger partial charge is 0.171 e.